The highest BCUT2D eigenvalue weighted by Crippen LogP contribution is 2.47. The third-order valence-corrected chi connectivity index (χ3v) is 9.56. The fraction of sp³-hybridized carbons (Fsp3) is 0.0667. The van der Waals surface area contributed by atoms with Crippen molar-refractivity contribution in [1.82, 2.24) is 0 Å². The average Bonchev–Trinajstić information content (AvgIpc) is 3.49. The lowest BCUT2D eigenvalue weighted by Gasteiger charge is -2.18. The highest BCUT2D eigenvalue weighted by Gasteiger charge is 2.20. The number of benzene rings is 8. The molecule has 1 heteroatoms. The Kier molecular flexibility index (Phi) is 5.83. The number of hydrogen-bond acceptors (Lipinski definition) is 1. The van der Waals surface area contributed by atoms with E-state index in [0.29, 0.717) is 12.0 Å². The minimum absolute atomic E-state index is 0.434. The lowest BCUT2D eigenvalue weighted by Crippen LogP contribution is -1.91. The second-order valence-corrected chi connectivity index (χ2v) is 12.6. The summed E-state index contributed by atoms with van der Waals surface area (Å²) in [4.78, 5) is 0. The van der Waals surface area contributed by atoms with Crippen LogP contribution >= 0.6 is 0 Å². The standard InChI is InChI=1S/C45H32O/c1-28(2)30-23-24-39-42(27-30)46-41-20-10-19-40(45(39)41)44-37-17-7-5-15-35(37)43(36-16-6-8-18-38(36)44)34-14-9-13-32(26-34)33-22-21-29-11-3-4-12-31(29)25-33/h3-28H,1-2H3/i3D. The molecule has 0 aliphatic rings. The molecule has 46 heavy (non-hydrogen) atoms. The van der Waals surface area contributed by atoms with E-state index in [9.17, 15) is 0 Å². The summed E-state index contributed by atoms with van der Waals surface area (Å²) in [5.74, 6) is 0.434. The van der Waals surface area contributed by atoms with Crippen LogP contribution in [0.4, 0.5) is 0 Å². The van der Waals surface area contributed by atoms with Crippen molar-refractivity contribution in [2.45, 2.75) is 19.8 Å². The summed E-state index contributed by atoms with van der Waals surface area (Å²) in [6.45, 7) is 4.45. The van der Waals surface area contributed by atoms with Crippen LogP contribution in [0.25, 0.3) is 87.6 Å². The van der Waals surface area contributed by atoms with Crippen LogP contribution in [0.15, 0.2) is 156 Å². The van der Waals surface area contributed by atoms with E-state index >= 15 is 0 Å². The third kappa shape index (κ3) is 4.16. The molecule has 1 nitrogen and oxygen atoms in total. The Morgan fingerprint density at radius 3 is 1.93 bits per heavy atom. The molecule has 9 rings (SSSR count). The van der Waals surface area contributed by atoms with E-state index in [4.69, 9.17) is 5.79 Å². The molecule has 0 saturated heterocycles. The van der Waals surface area contributed by atoms with Crippen LogP contribution in [0, 0.1) is 0 Å². The first kappa shape index (κ1) is 25.6. The van der Waals surface area contributed by atoms with Crippen LogP contribution in [0.2, 0.25) is 0 Å². The van der Waals surface area contributed by atoms with Crippen molar-refractivity contribution in [3.05, 3.63) is 157 Å². The van der Waals surface area contributed by atoms with Crippen molar-refractivity contribution >= 4 is 54.3 Å². The zero-order valence-electron chi connectivity index (χ0n) is 26.8. The Morgan fingerprint density at radius 2 is 1.17 bits per heavy atom. The summed E-state index contributed by atoms with van der Waals surface area (Å²) >= 11 is 0. The molecule has 0 amide bonds. The Morgan fingerprint density at radius 1 is 0.478 bits per heavy atom. The maximum absolute atomic E-state index is 8.00. The van der Waals surface area contributed by atoms with Gasteiger partial charge in [-0.25, -0.2) is 0 Å². The van der Waals surface area contributed by atoms with Gasteiger partial charge in [0.15, 0.2) is 0 Å². The molecule has 0 N–H and O–H groups in total. The predicted octanol–water partition coefficient (Wildman–Crippen LogP) is 13.2. The summed E-state index contributed by atoms with van der Waals surface area (Å²) in [5.41, 5.74) is 10.3. The van der Waals surface area contributed by atoms with Gasteiger partial charge in [-0.05, 0) is 101 Å². The number of rotatable bonds is 4. The van der Waals surface area contributed by atoms with E-state index in [0.717, 1.165) is 32.7 Å². The summed E-state index contributed by atoms with van der Waals surface area (Å²) < 4.78 is 14.5. The Bertz CT molecular complexity index is 2620. The van der Waals surface area contributed by atoms with Gasteiger partial charge < -0.3 is 4.42 Å². The van der Waals surface area contributed by atoms with Crippen molar-refractivity contribution in [3.8, 4) is 33.4 Å². The fourth-order valence-electron chi connectivity index (χ4n) is 7.30. The van der Waals surface area contributed by atoms with Crippen LogP contribution in [-0.4, -0.2) is 0 Å². The Labute approximate surface area is 269 Å². The van der Waals surface area contributed by atoms with Gasteiger partial charge in [0.25, 0.3) is 0 Å². The summed E-state index contributed by atoms with van der Waals surface area (Å²) in [7, 11) is 0. The predicted molar refractivity (Wildman–Crippen MR) is 197 cm³/mol. The molecule has 218 valence electrons. The quantitative estimate of drug-likeness (QED) is 0.186. The molecule has 9 aromatic rings. The number of furan rings is 1. The van der Waals surface area contributed by atoms with Gasteiger partial charge in [0, 0.05) is 10.8 Å². The van der Waals surface area contributed by atoms with Crippen molar-refractivity contribution in [2.24, 2.45) is 0 Å². The average molecular weight is 590 g/mol. The van der Waals surface area contributed by atoms with Gasteiger partial charge in [-0.1, -0.05) is 141 Å². The summed E-state index contributed by atoms with van der Waals surface area (Å²) in [6.07, 6.45) is 0. The van der Waals surface area contributed by atoms with Crippen LogP contribution in [0.3, 0.4) is 0 Å². The number of hydrogen-bond donors (Lipinski definition) is 0. The van der Waals surface area contributed by atoms with Gasteiger partial charge >= 0.3 is 0 Å². The van der Waals surface area contributed by atoms with E-state index in [1.807, 2.05) is 18.2 Å². The molecule has 0 atom stereocenters. The molecule has 0 aliphatic carbocycles. The normalized spacial score (nSPS) is 12.2. The summed E-state index contributed by atoms with van der Waals surface area (Å²) in [5, 5.41) is 9.46. The minimum Gasteiger partial charge on any atom is -0.456 e. The molecule has 1 heterocycles. The fourth-order valence-corrected chi connectivity index (χ4v) is 7.30. The van der Waals surface area contributed by atoms with Gasteiger partial charge in [0.2, 0.25) is 0 Å². The third-order valence-electron chi connectivity index (χ3n) is 9.56. The first-order chi connectivity index (χ1) is 23.0. The molecule has 1 aromatic heterocycles. The molecule has 0 radical (unpaired) electrons. The molecular weight excluding hydrogens is 556 g/mol. The highest BCUT2D eigenvalue weighted by molar-refractivity contribution is 6.25. The van der Waals surface area contributed by atoms with Gasteiger partial charge in [-0.15, -0.1) is 0 Å². The van der Waals surface area contributed by atoms with Crippen LogP contribution in [0.1, 0.15) is 26.7 Å². The van der Waals surface area contributed by atoms with Crippen LogP contribution < -0.4 is 0 Å². The second kappa shape index (κ2) is 10.5. The van der Waals surface area contributed by atoms with Crippen LogP contribution in [-0.2, 0) is 0 Å². The van der Waals surface area contributed by atoms with Crippen molar-refractivity contribution in [2.75, 3.05) is 0 Å². The Balaban J connectivity index is 1.30. The second-order valence-electron chi connectivity index (χ2n) is 12.6. The van der Waals surface area contributed by atoms with E-state index < -0.39 is 0 Å². The maximum Gasteiger partial charge on any atom is 0.136 e. The molecule has 0 saturated carbocycles. The molecule has 0 unspecified atom stereocenters. The number of fused-ring (bicyclic) bond motifs is 6. The van der Waals surface area contributed by atoms with E-state index in [1.165, 1.54) is 60.5 Å². The van der Waals surface area contributed by atoms with Crippen LogP contribution in [0.5, 0.6) is 0 Å². The van der Waals surface area contributed by atoms with Crippen molar-refractivity contribution in [3.63, 3.8) is 0 Å². The lowest BCUT2D eigenvalue weighted by molar-refractivity contribution is 0.667. The van der Waals surface area contributed by atoms with Crippen molar-refractivity contribution < 1.29 is 5.79 Å². The van der Waals surface area contributed by atoms with Crippen molar-refractivity contribution in [1.29, 1.82) is 0 Å². The first-order valence-electron chi connectivity index (χ1n) is 16.5. The Hall–Kier alpha value is -5.66. The smallest absolute Gasteiger partial charge is 0.136 e. The SMILES string of the molecule is [2H]c1ccc2cc(-c3cccc(-c4c5ccccc5c(-c5cccc6oc7cc(C(C)C)ccc7c56)c5ccccc45)c3)ccc2c1. The topological polar surface area (TPSA) is 13.1 Å². The van der Waals surface area contributed by atoms with E-state index in [-0.39, 0.29) is 0 Å². The zero-order valence-corrected chi connectivity index (χ0v) is 25.8. The largest absolute Gasteiger partial charge is 0.456 e. The lowest BCUT2D eigenvalue weighted by atomic mass is 9.84. The molecule has 0 bridgehead atoms. The maximum atomic E-state index is 8.00. The van der Waals surface area contributed by atoms with E-state index in [2.05, 4.69) is 141 Å². The zero-order chi connectivity index (χ0) is 31.6. The minimum atomic E-state index is 0.434. The molecular formula is C45H32O. The molecule has 0 aliphatic heterocycles. The molecule has 8 aromatic carbocycles. The molecule has 0 spiro atoms. The molecule has 0 fully saturated rings. The van der Waals surface area contributed by atoms with Gasteiger partial charge in [-0.2, -0.15) is 0 Å². The van der Waals surface area contributed by atoms with E-state index in [1.54, 1.807) is 0 Å². The highest BCUT2D eigenvalue weighted by atomic mass is 16.3. The first-order valence-corrected chi connectivity index (χ1v) is 16.0. The monoisotopic (exact) mass is 589 g/mol. The summed E-state index contributed by atoms with van der Waals surface area (Å²) in [6, 6.07) is 52.6. The van der Waals surface area contributed by atoms with Gasteiger partial charge in [0.05, 0.1) is 1.37 Å². The van der Waals surface area contributed by atoms with Gasteiger partial charge in [-0.3, -0.25) is 0 Å². The van der Waals surface area contributed by atoms with Gasteiger partial charge in [0.1, 0.15) is 11.2 Å².